The van der Waals surface area contributed by atoms with E-state index < -0.39 is 12.1 Å². The molecule has 0 aliphatic heterocycles. The largest absolute Gasteiger partial charge is 0.449 e. The molecule has 1 amide bonds. The van der Waals surface area contributed by atoms with Crippen LogP contribution in [0.5, 0.6) is 0 Å². The molecule has 0 aromatic heterocycles. The predicted octanol–water partition coefficient (Wildman–Crippen LogP) is 3.34. The summed E-state index contributed by atoms with van der Waals surface area (Å²) in [5, 5.41) is 3.55. The van der Waals surface area contributed by atoms with Crippen LogP contribution >= 0.6 is 11.6 Å². The van der Waals surface area contributed by atoms with Crippen LogP contribution in [-0.2, 0) is 14.3 Å². The Morgan fingerprint density at radius 2 is 1.91 bits per heavy atom. The first-order valence-electron chi connectivity index (χ1n) is 7.49. The summed E-state index contributed by atoms with van der Waals surface area (Å²) in [6.07, 6.45) is 6.43. The Bertz CT molecular complexity index is 548. The van der Waals surface area contributed by atoms with Crippen LogP contribution < -0.4 is 5.32 Å². The van der Waals surface area contributed by atoms with Crippen LogP contribution in [0.25, 0.3) is 6.08 Å². The van der Waals surface area contributed by atoms with Crippen molar-refractivity contribution in [3.05, 3.63) is 40.9 Å². The van der Waals surface area contributed by atoms with Crippen molar-refractivity contribution >= 4 is 29.6 Å². The SMILES string of the molecule is C[C@H](OC(=O)/C=C/c1ccc(Cl)cc1)C(=O)NC1CCCC1. The van der Waals surface area contributed by atoms with Gasteiger partial charge in [0.2, 0.25) is 0 Å². The summed E-state index contributed by atoms with van der Waals surface area (Å²) in [6.45, 7) is 1.58. The molecule has 0 saturated heterocycles. The van der Waals surface area contributed by atoms with Crippen molar-refractivity contribution in [1.82, 2.24) is 5.32 Å². The summed E-state index contributed by atoms with van der Waals surface area (Å²) in [4.78, 5) is 23.6. The molecular weight excluding hydrogens is 302 g/mol. The number of amides is 1. The van der Waals surface area contributed by atoms with E-state index in [-0.39, 0.29) is 11.9 Å². The Morgan fingerprint density at radius 3 is 2.55 bits per heavy atom. The number of hydrogen-bond acceptors (Lipinski definition) is 3. The summed E-state index contributed by atoms with van der Waals surface area (Å²) in [6, 6.07) is 7.29. The van der Waals surface area contributed by atoms with E-state index in [0.717, 1.165) is 31.2 Å². The molecule has 0 spiro atoms. The van der Waals surface area contributed by atoms with Crippen molar-refractivity contribution in [3.63, 3.8) is 0 Å². The highest BCUT2D eigenvalue weighted by Crippen LogP contribution is 2.17. The van der Waals surface area contributed by atoms with E-state index >= 15 is 0 Å². The lowest BCUT2D eigenvalue weighted by molar-refractivity contribution is -0.150. The van der Waals surface area contributed by atoms with E-state index in [1.165, 1.54) is 6.08 Å². The molecule has 0 unspecified atom stereocenters. The zero-order valence-corrected chi connectivity index (χ0v) is 13.3. The number of carbonyl (C=O) groups excluding carboxylic acids is 2. The van der Waals surface area contributed by atoms with Gasteiger partial charge in [0.15, 0.2) is 6.10 Å². The van der Waals surface area contributed by atoms with Crippen molar-refractivity contribution in [2.75, 3.05) is 0 Å². The number of benzene rings is 1. The van der Waals surface area contributed by atoms with Crippen molar-refractivity contribution < 1.29 is 14.3 Å². The van der Waals surface area contributed by atoms with Gasteiger partial charge in [-0.15, -0.1) is 0 Å². The molecule has 4 nitrogen and oxygen atoms in total. The molecule has 1 aromatic rings. The topological polar surface area (TPSA) is 55.4 Å². The van der Waals surface area contributed by atoms with Crippen LogP contribution in [0.15, 0.2) is 30.3 Å². The van der Waals surface area contributed by atoms with Gasteiger partial charge in [0.05, 0.1) is 0 Å². The third-order valence-electron chi connectivity index (χ3n) is 3.65. The highest BCUT2D eigenvalue weighted by atomic mass is 35.5. The van der Waals surface area contributed by atoms with Gasteiger partial charge in [0, 0.05) is 17.1 Å². The molecule has 118 valence electrons. The summed E-state index contributed by atoms with van der Waals surface area (Å²) in [5.41, 5.74) is 0.837. The third kappa shape index (κ3) is 5.19. The molecule has 1 aliphatic carbocycles. The second kappa shape index (κ2) is 7.99. The number of halogens is 1. The second-order valence-electron chi connectivity index (χ2n) is 5.45. The number of carbonyl (C=O) groups is 2. The van der Waals surface area contributed by atoms with E-state index in [1.807, 2.05) is 0 Å². The van der Waals surface area contributed by atoms with E-state index in [0.29, 0.717) is 5.02 Å². The Hall–Kier alpha value is -1.81. The van der Waals surface area contributed by atoms with Crippen LogP contribution in [0.4, 0.5) is 0 Å². The summed E-state index contributed by atoms with van der Waals surface area (Å²) < 4.78 is 5.10. The van der Waals surface area contributed by atoms with E-state index in [2.05, 4.69) is 5.32 Å². The highest BCUT2D eigenvalue weighted by Gasteiger charge is 2.22. The van der Waals surface area contributed by atoms with Crippen LogP contribution in [0.2, 0.25) is 5.02 Å². The molecule has 0 bridgehead atoms. The lowest BCUT2D eigenvalue weighted by atomic mass is 10.2. The Morgan fingerprint density at radius 1 is 1.27 bits per heavy atom. The maximum atomic E-state index is 11.9. The average Bonchev–Trinajstić information content (AvgIpc) is 2.99. The minimum atomic E-state index is -0.789. The minimum Gasteiger partial charge on any atom is -0.449 e. The molecule has 1 aliphatic rings. The number of ether oxygens (including phenoxy) is 1. The van der Waals surface area contributed by atoms with E-state index in [1.54, 1.807) is 37.3 Å². The van der Waals surface area contributed by atoms with Gasteiger partial charge < -0.3 is 10.1 Å². The van der Waals surface area contributed by atoms with Crippen LogP contribution in [-0.4, -0.2) is 24.0 Å². The summed E-state index contributed by atoms with van der Waals surface area (Å²) in [7, 11) is 0. The van der Waals surface area contributed by atoms with E-state index in [9.17, 15) is 9.59 Å². The molecule has 1 atom stereocenters. The first kappa shape index (κ1) is 16.6. The Kier molecular flexibility index (Phi) is 6.01. The van der Waals surface area contributed by atoms with Crippen LogP contribution in [0.3, 0.4) is 0 Å². The zero-order valence-electron chi connectivity index (χ0n) is 12.5. The lowest BCUT2D eigenvalue weighted by Gasteiger charge is -2.16. The van der Waals surface area contributed by atoms with Gasteiger partial charge in [-0.3, -0.25) is 4.79 Å². The van der Waals surface area contributed by atoms with Gasteiger partial charge in [-0.1, -0.05) is 36.6 Å². The fourth-order valence-corrected chi connectivity index (χ4v) is 2.52. The maximum Gasteiger partial charge on any atom is 0.331 e. The van der Waals surface area contributed by atoms with Crippen molar-refractivity contribution in [2.24, 2.45) is 0 Å². The first-order valence-corrected chi connectivity index (χ1v) is 7.87. The fraction of sp³-hybridized carbons (Fsp3) is 0.412. The summed E-state index contributed by atoms with van der Waals surface area (Å²) >= 11 is 5.79. The second-order valence-corrected chi connectivity index (χ2v) is 5.89. The van der Waals surface area contributed by atoms with Crippen LogP contribution in [0.1, 0.15) is 38.2 Å². The quantitative estimate of drug-likeness (QED) is 0.668. The molecule has 1 fully saturated rings. The molecular formula is C17H20ClNO3. The van der Waals surface area contributed by atoms with Gasteiger partial charge in [-0.05, 0) is 43.5 Å². The summed E-state index contributed by atoms with van der Waals surface area (Å²) in [5.74, 6) is -0.774. The van der Waals surface area contributed by atoms with Crippen molar-refractivity contribution in [2.45, 2.75) is 44.8 Å². The normalized spacial score (nSPS) is 16.6. The standard InChI is InChI=1S/C17H20ClNO3/c1-12(17(21)19-15-4-2-3-5-15)22-16(20)11-8-13-6-9-14(18)10-7-13/h6-12,15H,2-5H2,1H3,(H,19,21)/b11-8+/t12-/m0/s1. The molecule has 22 heavy (non-hydrogen) atoms. The monoisotopic (exact) mass is 321 g/mol. The molecule has 1 saturated carbocycles. The first-order chi connectivity index (χ1) is 10.5. The average molecular weight is 322 g/mol. The number of hydrogen-bond donors (Lipinski definition) is 1. The molecule has 2 rings (SSSR count). The molecule has 0 radical (unpaired) electrons. The van der Waals surface area contributed by atoms with Gasteiger partial charge in [-0.2, -0.15) is 0 Å². The fourth-order valence-electron chi connectivity index (χ4n) is 2.39. The van der Waals surface area contributed by atoms with Crippen LogP contribution in [0, 0.1) is 0 Å². The molecule has 0 heterocycles. The van der Waals surface area contributed by atoms with Gasteiger partial charge >= 0.3 is 5.97 Å². The molecule has 5 heteroatoms. The number of rotatable bonds is 5. The van der Waals surface area contributed by atoms with Crippen molar-refractivity contribution in [1.29, 1.82) is 0 Å². The Labute approximate surface area is 135 Å². The Balaban J connectivity index is 1.79. The van der Waals surface area contributed by atoms with Gasteiger partial charge in [0.1, 0.15) is 0 Å². The lowest BCUT2D eigenvalue weighted by Crippen LogP contribution is -2.40. The van der Waals surface area contributed by atoms with E-state index in [4.69, 9.17) is 16.3 Å². The van der Waals surface area contributed by atoms with Crippen molar-refractivity contribution in [3.8, 4) is 0 Å². The predicted molar refractivity (Wildman–Crippen MR) is 86.4 cm³/mol. The van der Waals surface area contributed by atoms with Gasteiger partial charge in [0.25, 0.3) is 5.91 Å². The third-order valence-corrected chi connectivity index (χ3v) is 3.90. The molecule has 1 aromatic carbocycles. The van der Waals surface area contributed by atoms with Gasteiger partial charge in [-0.25, -0.2) is 4.79 Å². The zero-order chi connectivity index (χ0) is 15.9. The minimum absolute atomic E-state index is 0.221. The molecule has 1 N–H and O–H groups in total. The number of nitrogens with one attached hydrogen (secondary N) is 1. The smallest absolute Gasteiger partial charge is 0.331 e. The highest BCUT2D eigenvalue weighted by molar-refractivity contribution is 6.30. The number of esters is 1. The maximum absolute atomic E-state index is 11.9.